The van der Waals surface area contributed by atoms with Gasteiger partial charge in [0.2, 0.25) is 5.91 Å². The third-order valence-corrected chi connectivity index (χ3v) is 6.85. The fraction of sp³-hybridized carbons (Fsp3) is 0.423. The van der Waals surface area contributed by atoms with Gasteiger partial charge in [0, 0.05) is 43.1 Å². The van der Waals surface area contributed by atoms with Crippen molar-refractivity contribution < 1.29 is 14.3 Å². The Morgan fingerprint density at radius 2 is 1.91 bits per heavy atom. The zero-order valence-electron chi connectivity index (χ0n) is 20.2. The molecule has 1 amide bonds. The largest absolute Gasteiger partial charge is 0.497 e. The van der Waals surface area contributed by atoms with Gasteiger partial charge in [0.05, 0.1) is 20.3 Å². The van der Waals surface area contributed by atoms with Crippen LogP contribution in [-0.2, 0) is 9.53 Å². The number of carbonyl (C=O) groups is 1. The Hall–Kier alpha value is -2.88. The molecule has 1 aliphatic rings. The first-order valence-electron chi connectivity index (χ1n) is 12.1. The monoisotopic (exact) mass is 495 g/mol. The molecule has 0 atom stereocenters. The lowest BCUT2D eigenvalue weighted by atomic mass is 10.2. The summed E-state index contributed by atoms with van der Waals surface area (Å²) in [6.45, 7) is 5.31. The number of thioether (sulfide) groups is 1. The van der Waals surface area contributed by atoms with Crippen LogP contribution in [0.15, 0.2) is 59.8 Å². The van der Waals surface area contributed by atoms with E-state index in [0.29, 0.717) is 6.42 Å². The minimum atomic E-state index is 0.106. The second-order valence-electron chi connectivity index (χ2n) is 8.32. The predicted octanol–water partition coefficient (Wildman–Crippen LogP) is 3.65. The Morgan fingerprint density at radius 3 is 2.71 bits per heavy atom. The van der Waals surface area contributed by atoms with Crippen molar-refractivity contribution in [3.8, 4) is 22.8 Å². The molecule has 0 spiro atoms. The van der Waals surface area contributed by atoms with Crippen LogP contribution in [0.25, 0.3) is 17.1 Å². The van der Waals surface area contributed by atoms with Gasteiger partial charge < -0.3 is 14.8 Å². The van der Waals surface area contributed by atoms with Gasteiger partial charge in [-0.2, -0.15) is 0 Å². The molecule has 0 radical (unpaired) electrons. The maximum atomic E-state index is 12.2. The molecule has 4 rings (SSSR count). The van der Waals surface area contributed by atoms with Crippen molar-refractivity contribution >= 4 is 17.7 Å². The van der Waals surface area contributed by atoms with Gasteiger partial charge in [-0.05, 0) is 43.7 Å². The van der Waals surface area contributed by atoms with Crippen LogP contribution in [-0.4, -0.2) is 77.8 Å². The Kier molecular flexibility index (Phi) is 9.56. The number of ether oxygens (including phenoxy) is 2. The number of nitrogens with zero attached hydrogens (tertiary/aromatic N) is 4. The number of aromatic nitrogens is 3. The van der Waals surface area contributed by atoms with E-state index in [1.807, 2.05) is 54.6 Å². The first kappa shape index (κ1) is 25.2. The van der Waals surface area contributed by atoms with E-state index < -0.39 is 0 Å². The standard InChI is InChI=1S/C26H33N5O3S/c1-33-23-11-5-8-21(20-23)25-28-29-26(31(25)22-9-3-2-4-10-22)35-19-6-12-24(32)27-13-7-14-30-15-17-34-18-16-30/h2-5,8-11,20H,6-7,12-19H2,1H3,(H,27,32). The van der Waals surface area contributed by atoms with Crippen LogP contribution in [0.3, 0.4) is 0 Å². The first-order valence-corrected chi connectivity index (χ1v) is 13.1. The lowest BCUT2D eigenvalue weighted by molar-refractivity contribution is -0.121. The minimum Gasteiger partial charge on any atom is -0.497 e. The summed E-state index contributed by atoms with van der Waals surface area (Å²) >= 11 is 1.62. The van der Waals surface area contributed by atoms with Crippen molar-refractivity contribution in [2.75, 3.05) is 52.3 Å². The lowest BCUT2D eigenvalue weighted by Crippen LogP contribution is -2.38. The second kappa shape index (κ2) is 13.3. The molecule has 1 aromatic heterocycles. The van der Waals surface area contributed by atoms with E-state index in [0.717, 1.165) is 86.0 Å². The summed E-state index contributed by atoms with van der Waals surface area (Å²) < 4.78 is 12.8. The van der Waals surface area contributed by atoms with Crippen molar-refractivity contribution in [1.82, 2.24) is 25.0 Å². The van der Waals surface area contributed by atoms with Gasteiger partial charge in [0.25, 0.3) is 0 Å². The molecule has 0 unspecified atom stereocenters. The number of carbonyl (C=O) groups excluding carboxylic acids is 1. The van der Waals surface area contributed by atoms with Crippen molar-refractivity contribution in [3.05, 3.63) is 54.6 Å². The first-order chi connectivity index (χ1) is 17.2. The molecule has 2 aromatic carbocycles. The Morgan fingerprint density at radius 1 is 1.09 bits per heavy atom. The number of benzene rings is 2. The van der Waals surface area contributed by atoms with Crippen LogP contribution >= 0.6 is 11.8 Å². The number of methoxy groups -OCH3 is 1. The summed E-state index contributed by atoms with van der Waals surface area (Å²) in [5, 5.41) is 12.8. The predicted molar refractivity (Wildman–Crippen MR) is 138 cm³/mol. The van der Waals surface area contributed by atoms with Crippen molar-refractivity contribution in [2.45, 2.75) is 24.4 Å². The highest BCUT2D eigenvalue weighted by molar-refractivity contribution is 7.99. The number of para-hydroxylation sites is 1. The average Bonchev–Trinajstić information content (AvgIpc) is 3.34. The second-order valence-corrected chi connectivity index (χ2v) is 9.38. The summed E-state index contributed by atoms with van der Waals surface area (Å²) in [5.41, 5.74) is 1.93. The molecule has 0 aliphatic carbocycles. The van der Waals surface area contributed by atoms with Gasteiger partial charge >= 0.3 is 0 Å². The number of amides is 1. The third-order valence-electron chi connectivity index (χ3n) is 5.83. The lowest BCUT2D eigenvalue weighted by Gasteiger charge is -2.26. The molecule has 35 heavy (non-hydrogen) atoms. The van der Waals surface area contributed by atoms with Crippen LogP contribution in [0.5, 0.6) is 5.75 Å². The summed E-state index contributed by atoms with van der Waals surface area (Å²) in [7, 11) is 1.66. The molecule has 1 aliphatic heterocycles. The fourth-order valence-electron chi connectivity index (χ4n) is 3.96. The van der Waals surface area contributed by atoms with E-state index in [4.69, 9.17) is 9.47 Å². The number of hydrogen-bond donors (Lipinski definition) is 1. The third kappa shape index (κ3) is 7.30. The van der Waals surface area contributed by atoms with Gasteiger partial charge in [-0.25, -0.2) is 0 Å². The summed E-state index contributed by atoms with van der Waals surface area (Å²) in [5.74, 6) is 2.42. The molecule has 0 saturated carbocycles. The highest BCUT2D eigenvalue weighted by atomic mass is 32.2. The van der Waals surface area contributed by atoms with E-state index in [2.05, 4.69) is 25.0 Å². The average molecular weight is 496 g/mol. The maximum absolute atomic E-state index is 12.2. The molecule has 8 nitrogen and oxygen atoms in total. The molecule has 1 N–H and O–H groups in total. The van der Waals surface area contributed by atoms with Crippen LogP contribution in [0.2, 0.25) is 0 Å². The molecule has 186 valence electrons. The Bertz CT molecular complexity index is 1070. The number of morpholine rings is 1. The van der Waals surface area contributed by atoms with Crippen molar-refractivity contribution in [2.24, 2.45) is 0 Å². The Labute approximate surface area is 211 Å². The highest BCUT2D eigenvalue weighted by Gasteiger charge is 2.17. The topological polar surface area (TPSA) is 81.5 Å². The SMILES string of the molecule is COc1cccc(-c2nnc(SCCCC(=O)NCCCN3CCOCC3)n2-c2ccccc2)c1. The molecular weight excluding hydrogens is 462 g/mol. The Balaban J connectivity index is 1.29. The zero-order chi connectivity index (χ0) is 24.3. The quantitative estimate of drug-likeness (QED) is 0.303. The highest BCUT2D eigenvalue weighted by Crippen LogP contribution is 2.30. The van der Waals surface area contributed by atoms with E-state index in [1.165, 1.54) is 0 Å². The zero-order valence-corrected chi connectivity index (χ0v) is 21.0. The number of hydrogen-bond acceptors (Lipinski definition) is 7. The summed E-state index contributed by atoms with van der Waals surface area (Å²) in [6, 6.07) is 17.9. The molecule has 3 aromatic rings. The van der Waals surface area contributed by atoms with Gasteiger partial charge in [-0.3, -0.25) is 14.3 Å². The van der Waals surface area contributed by atoms with Gasteiger partial charge in [-0.15, -0.1) is 10.2 Å². The van der Waals surface area contributed by atoms with Gasteiger partial charge in [0.15, 0.2) is 11.0 Å². The molecule has 0 bridgehead atoms. The number of rotatable bonds is 12. The van der Waals surface area contributed by atoms with Crippen molar-refractivity contribution in [1.29, 1.82) is 0 Å². The molecule has 1 saturated heterocycles. The van der Waals surface area contributed by atoms with Crippen LogP contribution < -0.4 is 10.1 Å². The van der Waals surface area contributed by atoms with E-state index in [9.17, 15) is 4.79 Å². The number of nitrogens with one attached hydrogen (secondary N) is 1. The molecular formula is C26H33N5O3S. The van der Waals surface area contributed by atoms with Crippen LogP contribution in [0, 0.1) is 0 Å². The fourth-order valence-corrected chi connectivity index (χ4v) is 4.85. The van der Waals surface area contributed by atoms with E-state index in [-0.39, 0.29) is 5.91 Å². The van der Waals surface area contributed by atoms with Gasteiger partial charge in [0.1, 0.15) is 5.75 Å². The van der Waals surface area contributed by atoms with Gasteiger partial charge in [-0.1, -0.05) is 42.1 Å². The normalized spacial score (nSPS) is 14.1. The maximum Gasteiger partial charge on any atom is 0.220 e. The van der Waals surface area contributed by atoms with Crippen LogP contribution in [0.4, 0.5) is 0 Å². The van der Waals surface area contributed by atoms with Crippen LogP contribution in [0.1, 0.15) is 19.3 Å². The minimum absolute atomic E-state index is 0.106. The smallest absolute Gasteiger partial charge is 0.220 e. The molecule has 2 heterocycles. The van der Waals surface area contributed by atoms with E-state index in [1.54, 1.807) is 18.9 Å². The summed E-state index contributed by atoms with van der Waals surface area (Å²) in [6.07, 6.45) is 2.25. The summed E-state index contributed by atoms with van der Waals surface area (Å²) in [4.78, 5) is 14.6. The molecule has 1 fully saturated rings. The molecule has 9 heteroatoms. The van der Waals surface area contributed by atoms with Crippen molar-refractivity contribution in [3.63, 3.8) is 0 Å². The van der Waals surface area contributed by atoms with E-state index >= 15 is 0 Å².